The minimum absolute atomic E-state index is 0.330. The molecule has 1 aliphatic carbocycles. The molecule has 5 nitrogen and oxygen atoms in total. The van der Waals surface area contributed by atoms with Gasteiger partial charge in [0, 0.05) is 13.0 Å². The quantitative estimate of drug-likeness (QED) is 0.723. The lowest BCUT2D eigenvalue weighted by Gasteiger charge is -2.07. The number of hydrogen-bond donors (Lipinski definition) is 3. The summed E-state index contributed by atoms with van der Waals surface area (Å²) < 4.78 is 14.9. The van der Waals surface area contributed by atoms with Crippen LogP contribution in [0.15, 0.2) is 28.5 Å². The molecule has 2 aromatic rings. The Morgan fingerprint density at radius 2 is 2.29 bits per heavy atom. The van der Waals surface area contributed by atoms with Crippen molar-refractivity contribution < 1.29 is 4.39 Å². The fourth-order valence-electron chi connectivity index (χ4n) is 2.34. The van der Waals surface area contributed by atoms with E-state index in [-0.39, 0.29) is 5.82 Å². The van der Waals surface area contributed by atoms with Gasteiger partial charge in [0.2, 0.25) is 4.73 Å². The summed E-state index contributed by atoms with van der Waals surface area (Å²) in [6, 6.07) is 0. The molecule has 0 bridgehead atoms. The Labute approximate surface area is 129 Å². The third-order valence-corrected chi connectivity index (χ3v) is 3.72. The molecule has 21 heavy (non-hydrogen) atoms. The number of hydrogen-bond acceptors (Lipinski definition) is 4. The van der Waals surface area contributed by atoms with Crippen molar-refractivity contribution in [2.24, 2.45) is 5.73 Å². The molecule has 0 amide bonds. The number of halogens is 2. The summed E-state index contributed by atoms with van der Waals surface area (Å²) >= 11 is 3.25. The van der Waals surface area contributed by atoms with Gasteiger partial charge >= 0.3 is 0 Å². The maximum atomic E-state index is 14.5. The number of nitrogens with zero attached hydrogens (tertiary/aromatic N) is 2. The summed E-state index contributed by atoms with van der Waals surface area (Å²) in [5.41, 5.74) is 7.66. The molecule has 0 atom stereocenters. The van der Waals surface area contributed by atoms with Crippen LogP contribution in [-0.2, 0) is 6.42 Å². The SMILES string of the molecule is NCCc1[nH]c2nc(Br)nc(NCC3=CC=CC3)c2c1F. The van der Waals surface area contributed by atoms with Crippen LogP contribution in [0.3, 0.4) is 0 Å². The normalized spacial score (nSPS) is 14.0. The maximum absolute atomic E-state index is 14.5. The highest BCUT2D eigenvalue weighted by Gasteiger charge is 2.18. The zero-order valence-corrected chi connectivity index (χ0v) is 12.9. The van der Waals surface area contributed by atoms with Crippen LogP contribution in [0.25, 0.3) is 11.0 Å². The molecule has 0 radical (unpaired) electrons. The fraction of sp³-hybridized carbons (Fsp3) is 0.286. The molecule has 1 aliphatic rings. The van der Waals surface area contributed by atoms with Gasteiger partial charge in [0.1, 0.15) is 11.5 Å². The number of aromatic nitrogens is 3. The largest absolute Gasteiger partial charge is 0.366 e. The molecule has 3 rings (SSSR count). The fourth-order valence-corrected chi connectivity index (χ4v) is 2.70. The number of fused-ring (bicyclic) bond motifs is 1. The van der Waals surface area contributed by atoms with Crippen molar-refractivity contribution in [1.82, 2.24) is 15.0 Å². The standard InChI is InChI=1S/C14H15BrFN5/c15-14-20-12(18-7-8-3-1-2-4-8)10-11(16)9(5-6-17)19-13(10)21-14/h1-3H,4-7,17H2,(H2,18,19,20,21). The van der Waals surface area contributed by atoms with E-state index in [1.165, 1.54) is 5.57 Å². The lowest BCUT2D eigenvalue weighted by molar-refractivity contribution is 0.618. The van der Waals surface area contributed by atoms with Gasteiger partial charge in [-0.1, -0.05) is 18.2 Å². The van der Waals surface area contributed by atoms with Crippen molar-refractivity contribution in [2.75, 3.05) is 18.4 Å². The first-order chi connectivity index (χ1) is 10.2. The van der Waals surface area contributed by atoms with E-state index in [1.54, 1.807) is 0 Å². The molecular weight excluding hydrogens is 337 g/mol. The number of rotatable bonds is 5. The van der Waals surface area contributed by atoms with Gasteiger partial charge in [0.05, 0.1) is 11.1 Å². The number of nitrogens with one attached hydrogen (secondary N) is 2. The highest BCUT2D eigenvalue weighted by Crippen LogP contribution is 2.28. The highest BCUT2D eigenvalue weighted by molar-refractivity contribution is 9.10. The van der Waals surface area contributed by atoms with Crippen LogP contribution in [0.2, 0.25) is 0 Å². The molecule has 0 fully saturated rings. The lowest BCUT2D eigenvalue weighted by atomic mass is 10.2. The first kappa shape index (κ1) is 14.2. The Hall–Kier alpha value is -1.73. The average molecular weight is 352 g/mol. The van der Waals surface area contributed by atoms with Crippen LogP contribution in [0, 0.1) is 5.82 Å². The molecule has 110 valence electrons. The summed E-state index contributed by atoms with van der Waals surface area (Å²) in [5, 5.41) is 3.57. The van der Waals surface area contributed by atoms with E-state index in [0.29, 0.717) is 46.8 Å². The Balaban J connectivity index is 1.95. The van der Waals surface area contributed by atoms with Crippen LogP contribution >= 0.6 is 15.9 Å². The third-order valence-electron chi connectivity index (χ3n) is 3.36. The van der Waals surface area contributed by atoms with Crippen molar-refractivity contribution in [1.29, 1.82) is 0 Å². The third kappa shape index (κ3) is 2.84. The van der Waals surface area contributed by atoms with Gasteiger partial charge in [0.15, 0.2) is 5.82 Å². The summed E-state index contributed by atoms with van der Waals surface area (Å²) in [5.74, 6) is 0.153. The zero-order valence-electron chi connectivity index (χ0n) is 11.3. The van der Waals surface area contributed by atoms with Gasteiger partial charge < -0.3 is 16.0 Å². The number of aromatic amines is 1. The molecule has 2 heterocycles. The maximum Gasteiger partial charge on any atom is 0.200 e. The van der Waals surface area contributed by atoms with Gasteiger partial charge in [0.25, 0.3) is 0 Å². The molecule has 0 spiro atoms. The minimum Gasteiger partial charge on any atom is -0.366 e. The Bertz CT molecular complexity index is 735. The molecule has 0 aromatic carbocycles. The topological polar surface area (TPSA) is 79.6 Å². The predicted octanol–water partition coefficient (Wildman–Crippen LogP) is 2.66. The van der Waals surface area contributed by atoms with E-state index in [1.807, 2.05) is 12.2 Å². The molecule has 2 aromatic heterocycles. The van der Waals surface area contributed by atoms with Crippen molar-refractivity contribution in [2.45, 2.75) is 12.8 Å². The monoisotopic (exact) mass is 351 g/mol. The summed E-state index contributed by atoms with van der Waals surface area (Å²) in [7, 11) is 0. The van der Waals surface area contributed by atoms with Crippen LogP contribution in [0.5, 0.6) is 0 Å². The second-order valence-electron chi connectivity index (χ2n) is 4.83. The van der Waals surface area contributed by atoms with Gasteiger partial charge in [-0.3, -0.25) is 0 Å². The van der Waals surface area contributed by atoms with Crippen LogP contribution in [0.1, 0.15) is 12.1 Å². The highest BCUT2D eigenvalue weighted by atomic mass is 79.9. The number of nitrogens with two attached hydrogens (primary N) is 1. The summed E-state index contributed by atoms with van der Waals surface area (Å²) in [4.78, 5) is 11.4. The first-order valence-corrected chi connectivity index (χ1v) is 7.50. The Morgan fingerprint density at radius 3 is 3.00 bits per heavy atom. The van der Waals surface area contributed by atoms with Crippen molar-refractivity contribution in [3.8, 4) is 0 Å². The smallest absolute Gasteiger partial charge is 0.200 e. The zero-order chi connectivity index (χ0) is 14.8. The average Bonchev–Trinajstić information content (AvgIpc) is 3.06. The number of anilines is 1. The number of allylic oxidation sites excluding steroid dienone is 3. The van der Waals surface area contributed by atoms with Crippen LogP contribution < -0.4 is 11.1 Å². The Kier molecular flexibility index (Phi) is 4.03. The molecule has 0 unspecified atom stereocenters. The molecule has 0 saturated carbocycles. The summed E-state index contributed by atoms with van der Waals surface area (Å²) in [6.45, 7) is 1.00. The summed E-state index contributed by atoms with van der Waals surface area (Å²) in [6.07, 6.45) is 7.50. The first-order valence-electron chi connectivity index (χ1n) is 6.71. The molecule has 4 N–H and O–H groups in total. The van der Waals surface area contributed by atoms with Crippen molar-refractivity contribution >= 4 is 32.8 Å². The van der Waals surface area contributed by atoms with E-state index in [9.17, 15) is 4.39 Å². The van der Waals surface area contributed by atoms with E-state index >= 15 is 0 Å². The van der Waals surface area contributed by atoms with E-state index in [2.05, 4.69) is 42.3 Å². The minimum atomic E-state index is -0.330. The lowest BCUT2D eigenvalue weighted by Crippen LogP contribution is -2.07. The molecule has 7 heteroatoms. The van der Waals surface area contributed by atoms with Crippen LogP contribution in [-0.4, -0.2) is 28.0 Å². The Morgan fingerprint density at radius 1 is 1.43 bits per heavy atom. The van der Waals surface area contributed by atoms with Gasteiger partial charge in [-0.05, 0) is 34.5 Å². The van der Waals surface area contributed by atoms with Gasteiger partial charge in [-0.15, -0.1) is 0 Å². The van der Waals surface area contributed by atoms with Gasteiger partial charge in [-0.25, -0.2) is 14.4 Å². The van der Waals surface area contributed by atoms with Crippen molar-refractivity contribution in [3.63, 3.8) is 0 Å². The number of H-pyrrole nitrogens is 1. The second-order valence-corrected chi connectivity index (χ2v) is 5.54. The van der Waals surface area contributed by atoms with Gasteiger partial charge in [-0.2, -0.15) is 0 Å². The molecule has 0 saturated heterocycles. The predicted molar refractivity (Wildman–Crippen MR) is 84.6 cm³/mol. The molecule has 0 aliphatic heterocycles. The second kappa shape index (κ2) is 5.95. The van der Waals surface area contributed by atoms with E-state index in [0.717, 1.165) is 6.42 Å². The van der Waals surface area contributed by atoms with Crippen LogP contribution in [0.4, 0.5) is 10.2 Å². The van der Waals surface area contributed by atoms with Crippen molar-refractivity contribution in [3.05, 3.63) is 40.0 Å². The van der Waals surface area contributed by atoms with E-state index < -0.39 is 0 Å². The van der Waals surface area contributed by atoms with E-state index in [4.69, 9.17) is 5.73 Å². The molecular formula is C14H15BrFN5.